The summed E-state index contributed by atoms with van der Waals surface area (Å²) in [5.74, 6) is 1.52. The minimum atomic E-state index is 0.211. The Hall–Kier alpha value is -6.44. The molecule has 14 nitrogen and oxygen atoms in total. The van der Waals surface area contributed by atoms with Crippen molar-refractivity contribution in [2.24, 2.45) is 0 Å². The Kier molecular flexibility index (Phi) is 12.4. The molecule has 14 heteroatoms. The molecule has 268 valence electrons. The van der Waals surface area contributed by atoms with Crippen LogP contribution in [-0.2, 0) is 13.2 Å². The van der Waals surface area contributed by atoms with E-state index in [4.69, 9.17) is 18.9 Å². The smallest absolute Gasteiger partial charge is 0.213 e. The molecule has 0 saturated carbocycles. The lowest BCUT2D eigenvalue weighted by molar-refractivity contribution is 0.111. The first kappa shape index (κ1) is 36.8. The minimum absolute atomic E-state index is 0.211. The van der Waals surface area contributed by atoms with Crippen LogP contribution in [0, 0.1) is 0 Å². The molecular weight excluding hydrogens is 664 g/mol. The summed E-state index contributed by atoms with van der Waals surface area (Å²) in [6, 6.07) is 15.0. The van der Waals surface area contributed by atoms with Gasteiger partial charge in [-0.1, -0.05) is 12.1 Å². The minimum Gasteiger partial charge on any atom is -0.486 e. The lowest BCUT2D eigenvalue weighted by Gasteiger charge is -2.14. The maximum absolute atomic E-state index is 11.3. The van der Waals surface area contributed by atoms with Gasteiger partial charge in [0.1, 0.15) is 24.7 Å². The summed E-state index contributed by atoms with van der Waals surface area (Å²) < 4.78 is 25.6. The third kappa shape index (κ3) is 8.64. The third-order valence-electron chi connectivity index (χ3n) is 7.77. The molecule has 0 unspecified atom stereocenters. The van der Waals surface area contributed by atoms with Gasteiger partial charge in [0.25, 0.3) is 0 Å². The first-order valence-electron chi connectivity index (χ1n) is 16.5. The standard InChI is InChI=1S/2C19H20N4O3/c2*1-13(2)23-16(6-8-22-23)19-14(5-4-7-20-19)12-26-17-10-21-18(25-3)9-15(17)11-24/h2*4-11,13H,12H2,1-3H3. The predicted octanol–water partition coefficient (Wildman–Crippen LogP) is 6.64. The van der Waals surface area contributed by atoms with Crippen LogP contribution in [0.25, 0.3) is 22.8 Å². The van der Waals surface area contributed by atoms with Gasteiger partial charge in [-0.15, -0.1) is 0 Å². The fourth-order valence-corrected chi connectivity index (χ4v) is 5.23. The van der Waals surface area contributed by atoms with Crippen molar-refractivity contribution in [2.45, 2.75) is 53.0 Å². The van der Waals surface area contributed by atoms with Crippen LogP contribution in [0.2, 0.25) is 0 Å². The zero-order valence-corrected chi connectivity index (χ0v) is 29.8. The van der Waals surface area contributed by atoms with Crippen molar-refractivity contribution >= 4 is 12.6 Å². The van der Waals surface area contributed by atoms with E-state index in [0.29, 0.717) is 34.4 Å². The first-order chi connectivity index (χ1) is 25.3. The number of aromatic nitrogens is 8. The second-order valence-corrected chi connectivity index (χ2v) is 11.9. The van der Waals surface area contributed by atoms with Crippen LogP contribution in [0.15, 0.2) is 85.7 Å². The average molecular weight is 705 g/mol. The van der Waals surface area contributed by atoms with Crippen molar-refractivity contribution in [2.75, 3.05) is 14.2 Å². The van der Waals surface area contributed by atoms with Crippen LogP contribution in [-0.4, -0.2) is 66.3 Å². The monoisotopic (exact) mass is 704 g/mol. The van der Waals surface area contributed by atoms with E-state index in [1.165, 1.54) is 26.6 Å². The fraction of sp³-hybridized carbons (Fsp3) is 0.263. The highest BCUT2D eigenvalue weighted by atomic mass is 16.5. The number of carbonyl (C=O) groups is 2. The third-order valence-corrected chi connectivity index (χ3v) is 7.77. The number of rotatable bonds is 14. The van der Waals surface area contributed by atoms with Gasteiger partial charge in [-0.3, -0.25) is 28.9 Å². The molecule has 0 atom stereocenters. The molecule has 6 heterocycles. The van der Waals surface area contributed by atoms with Gasteiger partial charge in [0.15, 0.2) is 12.6 Å². The Morgan fingerprint density at radius 3 is 1.40 bits per heavy atom. The van der Waals surface area contributed by atoms with Gasteiger partial charge in [-0.2, -0.15) is 10.2 Å². The molecule has 52 heavy (non-hydrogen) atoms. The summed E-state index contributed by atoms with van der Waals surface area (Å²) in [5.41, 5.74) is 5.99. The Bertz CT molecular complexity index is 1960. The Morgan fingerprint density at radius 1 is 0.615 bits per heavy atom. The molecule has 6 aromatic heterocycles. The Labute approximate surface area is 301 Å². The highest BCUT2D eigenvalue weighted by Crippen LogP contribution is 2.28. The van der Waals surface area contributed by atoms with E-state index in [0.717, 1.165) is 46.5 Å². The van der Waals surface area contributed by atoms with Crippen LogP contribution in [0.4, 0.5) is 0 Å². The second kappa shape index (κ2) is 17.5. The van der Waals surface area contributed by atoms with Gasteiger partial charge in [0.05, 0.1) is 60.5 Å². The van der Waals surface area contributed by atoms with Gasteiger partial charge in [-0.25, -0.2) is 9.97 Å². The highest BCUT2D eigenvalue weighted by molar-refractivity contribution is 5.80. The summed E-state index contributed by atoms with van der Waals surface area (Å²) in [5, 5.41) is 8.73. The largest absolute Gasteiger partial charge is 0.486 e. The Balaban J connectivity index is 0.000000201. The summed E-state index contributed by atoms with van der Waals surface area (Å²) in [6.45, 7) is 8.76. The van der Waals surface area contributed by atoms with Crippen molar-refractivity contribution in [3.63, 3.8) is 0 Å². The van der Waals surface area contributed by atoms with Crippen LogP contribution in [0.5, 0.6) is 23.3 Å². The summed E-state index contributed by atoms with van der Waals surface area (Å²) in [4.78, 5) is 39.8. The first-order valence-corrected chi connectivity index (χ1v) is 16.5. The zero-order chi connectivity index (χ0) is 37.0. The van der Waals surface area contributed by atoms with Crippen molar-refractivity contribution in [3.05, 3.63) is 108 Å². The molecule has 0 aromatic carbocycles. The number of hydrogen-bond acceptors (Lipinski definition) is 12. The van der Waals surface area contributed by atoms with E-state index in [1.807, 2.05) is 45.8 Å². The average Bonchev–Trinajstić information content (AvgIpc) is 3.88. The van der Waals surface area contributed by atoms with Gasteiger partial charge in [-0.05, 0) is 52.0 Å². The Morgan fingerprint density at radius 2 is 1.04 bits per heavy atom. The molecule has 0 N–H and O–H groups in total. The quantitative estimate of drug-likeness (QED) is 0.111. The highest BCUT2D eigenvalue weighted by Gasteiger charge is 2.16. The van der Waals surface area contributed by atoms with Gasteiger partial charge < -0.3 is 18.9 Å². The predicted molar refractivity (Wildman–Crippen MR) is 193 cm³/mol. The molecule has 0 radical (unpaired) electrons. The molecule has 6 rings (SSSR count). The van der Waals surface area contributed by atoms with E-state index >= 15 is 0 Å². The van der Waals surface area contributed by atoms with Crippen LogP contribution >= 0.6 is 0 Å². The molecule has 0 bridgehead atoms. The summed E-state index contributed by atoms with van der Waals surface area (Å²) in [7, 11) is 2.99. The van der Waals surface area contributed by atoms with Crippen molar-refractivity contribution < 1.29 is 28.5 Å². The molecule has 0 amide bonds. The van der Waals surface area contributed by atoms with E-state index in [2.05, 4.69) is 57.8 Å². The molecular formula is C38H40N8O6. The molecule has 0 aliphatic heterocycles. The van der Waals surface area contributed by atoms with E-state index in [-0.39, 0.29) is 25.3 Å². The van der Waals surface area contributed by atoms with Gasteiger partial charge in [0.2, 0.25) is 11.8 Å². The summed E-state index contributed by atoms with van der Waals surface area (Å²) in [6.07, 6.45) is 11.4. The number of aldehydes is 2. The number of nitrogens with zero attached hydrogens (tertiary/aromatic N) is 8. The number of hydrogen-bond donors (Lipinski definition) is 0. The van der Waals surface area contributed by atoms with E-state index in [1.54, 1.807) is 36.9 Å². The van der Waals surface area contributed by atoms with Gasteiger partial charge >= 0.3 is 0 Å². The molecule has 0 saturated heterocycles. The molecule has 0 aliphatic carbocycles. The lowest BCUT2D eigenvalue weighted by Crippen LogP contribution is -2.08. The van der Waals surface area contributed by atoms with Gasteiger partial charge in [0, 0.05) is 60.1 Å². The normalized spacial score (nSPS) is 10.8. The molecule has 0 spiro atoms. The zero-order valence-electron chi connectivity index (χ0n) is 29.8. The van der Waals surface area contributed by atoms with Crippen LogP contribution in [0.1, 0.15) is 71.6 Å². The van der Waals surface area contributed by atoms with Crippen LogP contribution < -0.4 is 18.9 Å². The lowest BCUT2D eigenvalue weighted by atomic mass is 10.1. The molecule has 0 fully saturated rings. The van der Waals surface area contributed by atoms with Crippen molar-refractivity contribution in [1.29, 1.82) is 0 Å². The second-order valence-electron chi connectivity index (χ2n) is 11.9. The number of carbonyl (C=O) groups excluding carboxylic acids is 2. The van der Waals surface area contributed by atoms with E-state index < -0.39 is 0 Å². The van der Waals surface area contributed by atoms with Crippen LogP contribution in [0.3, 0.4) is 0 Å². The maximum Gasteiger partial charge on any atom is 0.213 e. The number of methoxy groups -OCH3 is 2. The SMILES string of the molecule is COc1cc(C=O)c(OCc2cccnc2-c2ccnn2C(C)C)cn1.COc1cc(C=O)c(OCc2cccnc2-c2ccnn2C(C)C)cn1. The fourth-order valence-electron chi connectivity index (χ4n) is 5.23. The van der Waals surface area contributed by atoms with Crippen molar-refractivity contribution in [3.8, 4) is 46.0 Å². The maximum atomic E-state index is 11.3. The summed E-state index contributed by atoms with van der Waals surface area (Å²) >= 11 is 0. The molecule has 0 aliphatic rings. The molecule has 6 aromatic rings. The topological polar surface area (TPSA) is 158 Å². The number of ether oxygens (including phenoxy) is 4. The number of pyridine rings is 4. The van der Waals surface area contributed by atoms with Crippen molar-refractivity contribution in [1.82, 2.24) is 39.5 Å². The van der Waals surface area contributed by atoms with E-state index in [9.17, 15) is 9.59 Å².